The van der Waals surface area contributed by atoms with Crippen LogP contribution in [0.2, 0.25) is 0 Å². The number of rotatable bonds is 5. The van der Waals surface area contributed by atoms with Gasteiger partial charge in [0.2, 0.25) is 5.95 Å². The van der Waals surface area contributed by atoms with Gasteiger partial charge in [-0.25, -0.2) is 15.0 Å². The lowest BCUT2D eigenvalue weighted by atomic mass is 10.1. The van der Waals surface area contributed by atoms with Gasteiger partial charge in [-0.2, -0.15) is 4.98 Å². The number of anilines is 2. The van der Waals surface area contributed by atoms with Gasteiger partial charge in [-0.05, 0) is 63.2 Å². The van der Waals surface area contributed by atoms with Gasteiger partial charge in [0, 0.05) is 37.6 Å². The monoisotopic (exact) mass is 389 g/mol. The van der Waals surface area contributed by atoms with Crippen molar-refractivity contribution in [2.45, 2.75) is 49.3 Å². The van der Waals surface area contributed by atoms with Crippen LogP contribution in [0.5, 0.6) is 0 Å². The van der Waals surface area contributed by atoms with E-state index in [1.165, 1.54) is 31.0 Å². The van der Waals surface area contributed by atoms with Crippen LogP contribution in [-0.2, 0) is 0 Å². The maximum Gasteiger partial charge on any atom is 0.232 e. The van der Waals surface area contributed by atoms with Gasteiger partial charge in [0.15, 0.2) is 10.3 Å². The van der Waals surface area contributed by atoms with Crippen LogP contribution in [0, 0.1) is 0 Å². The molecule has 3 rings (SSSR count). The molecule has 2 aromatic rings. The van der Waals surface area contributed by atoms with E-state index >= 15 is 0 Å². The van der Waals surface area contributed by atoms with Crippen molar-refractivity contribution in [2.24, 2.45) is 0 Å². The topological polar surface area (TPSA) is 78.9 Å². The molecule has 1 aliphatic rings. The molecule has 0 atom stereocenters. The lowest BCUT2D eigenvalue weighted by Crippen LogP contribution is -2.35. The van der Waals surface area contributed by atoms with E-state index in [2.05, 4.69) is 35.5 Å². The zero-order valence-corrected chi connectivity index (χ0v) is 16.6. The second-order valence-corrected chi connectivity index (χ2v) is 7.72. The summed E-state index contributed by atoms with van der Waals surface area (Å²) in [6.07, 6.45) is 7.09. The second-order valence-electron chi connectivity index (χ2n) is 6.32. The summed E-state index contributed by atoms with van der Waals surface area (Å²) in [5, 5.41) is 8.22. The number of nitrogens with zero attached hydrogens (tertiary/aromatic N) is 5. The zero-order chi connectivity index (χ0) is 18.4. The Balaban J connectivity index is 1.84. The molecule has 1 fully saturated rings. The van der Waals surface area contributed by atoms with Crippen molar-refractivity contribution in [3.8, 4) is 0 Å². The number of nitrogens with one attached hydrogen (secondary N) is 2. The second kappa shape index (κ2) is 9.09. The minimum absolute atomic E-state index is 0.242. The predicted octanol–water partition coefficient (Wildman–Crippen LogP) is 3.10. The highest BCUT2D eigenvalue weighted by molar-refractivity contribution is 7.99. The first-order valence-electron chi connectivity index (χ1n) is 8.76. The molecule has 0 bridgehead atoms. The van der Waals surface area contributed by atoms with E-state index in [0.717, 1.165) is 23.9 Å². The number of hydrogen-bond donors (Lipinski definition) is 2. The Morgan fingerprint density at radius 3 is 2.58 bits per heavy atom. The average molecular weight is 390 g/mol. The van der Waals surface area contributed by atoms with Crippen LogP contribution >= 0.6 is 24.0 Å². The lowest BCUT2D eigenvalue weighted by Gasteiger charge is -2.28. The Kier molecular flexibility index (Phi) is 6.56. The summed E-state index contributed by atoms with van der Waals surface area (Å²) in [6.45, 7) is 6.09. The van der Waals surface area contributed by atoms with Gasteiger partial charge < -0.3 is 15.5 Å². The maximum absolute atomic E-state index is 5.34. The van der Waals surface area contributed by atoms with Crippen LogP contribution in [0.25, 0.3) is 0 Å². The molecule has 0 unspecified atom stereocenters. The standard InChI is InChI=1S/C17H23N7S2/c1-12(2)20-16(25)23-15-21-13(24-9-4-3-5-10-24)11-14(22-15)26-17-18-7-6-8-19-17/h6-8,11-12H,3-5,9-10H2,1-2H3,(H2,20,21,22,23,25). The van der Waals surface area contributed by atoms with Crippen LogP contribution in [0.15, 0.2) is 34.7 Å². The Morgan fingerprint density at radius 1 is 1.15 bits per heavy atom. The molecule has 0 amide bonds. The van der Waals surface area contributed by atoms with Crippen molar-refractivity contribution in [1.29, 1.82) is 0 Å². The fraction of sp³-hybridized carbons (Fsp3) is 0.471. The fourth-order valence-electron chi connectivity index (χ4n) is 2.64. The number of aromatic nitrogens is 4. The third-order valence-electron chi connectivity index (χ3n) is 3.75. The number of thiocarbonyl (C=S) groups is 1. The molecule has 2 aromatic heterocycles. The first-order valence-corrected chi connectivity index (χ1v) is 9.99. The molecule has 1 aliphatic heterocycles. The average Bonchev–Trinajstić information content (AvgIpc) is 2.62. The van der Waals surface area contributed by atoms with Crippen LogP contribution in [0.3, 0.4) is 0 Å². The molecule has 0 spiro atoms. The Hall–Kier alpha value is -2.00. The highest BCUT2D eigenvalue weighted by atomic mass is 32.2. The fourth-order valence-corrected chi connectivity index (χ4v) is 3.68. The summed E-state index contributed by atoms with van der Waals surface area (Å²) in [4.78, 5) is 20.1. The molecule has 2 N–H and O–H groups in total. The summed E-state index contributed by atoms with van der Waals surface area (Å²) in [7, 11) is 0. The van der Waals surface area contributed by atoms with Gasteiger partial charge in [-0.1, -0.05) is 0 Å². The van der Waals surface area contributed by atoms with Gasteiger partial charge in [-0.3, -0.25) is 0 Å². The lowest BCUT2D eigenvalue weighted by molar-refractivity contribution is 0.572. The normalized spacial score (nSPS) is 14.3. The molecule has 26 heavy (non-hydrogen) atoms. The number of hydrogen-bond acceptors (Lipinski definition) is 7. The maximum atomic E-state index is 5.34. The molecule has 0 radical (unpaired) electrons. The Bertz CT molecular complexity index is 733. The van der Waals surface area contributed by atoms with E-state index in [4.69, 9.17) is 12.2 Å². The molecule has 0 aliphatic carbocycles. The van der Waals surface area contributed by atoms with Gasteiger partial charge in [0.1, 0.15) is 10.8 Å². The van der Waals surface area contributed by atoms with E-state index in [1.807, 2.05) is 19.9 Å². The predicted molar refractivity (Wildman–Crippen MR) is 109 cm³/mol. The van der Waals surface area contributed by atoms with Crippen molar-refractivity contribution < 1.29 is 0 Å². The highest BCUT2D eigenvalue weighted by Gasteiger charge is 2.16. The van der Waals surface area contributed by atoms with Gasteiger partial charge >= 0.3 is 0 Å². The summed E-state index contributed by atoms with van der Waals surface area (Å²) < 4.78 is 0. The van der Waals surface area contributed by atoms with Crippen molar-refractivity contribution >= 4 is 40.9 Å². The van der Waals surface area contributed by atoms with Crippen LogP contribution < -0.4 is 15.5 Å². The first kappa shape index (κ1) is 18.8. The molecule has 3 heterocycles. The largest absolute Gasteiger partial charge is 0.360 e. The van der Waals surface area contributed by atoms with Crippen LogP contribution in [0.1, 0.15) is 33.1 Å². The quantitative estimate of drug-likeness (QED) is 0.455. The Labute approximate surface area is 163 Å². The van der Waals surface area contributed by atoms with E-state index in [0.29, 0.717) is 16.2 Å². The molecule has 0 aromatic carbocycles. The Morgan fingerprint density at radius 2 is 1.88 bits per heavy atom. The van der Waals surface area contributed by atoms with E-state index in [-0.39, 0.29) is 6.04 Å². The summed E-state index contributed by atoms with van der Waals surface area (Å²) in [5.74, 6) is 1.40. The SMILES string of the molecule is CC(C)NC(=S)Nc1nc(Sc2ncccn2)cc(N2CCCCC2)n1. The van der Waals surface area contributed by atoms with Crippen molar-refractivity contribution in [1.82, 2.24) is 25.3 Å². The molecule has 9 heteroatoms. The van der Waals surface area contributed by atoms with Crippen molar-refractivity contribution in [2.75, 3.05) is 23.3 Å². The van der Waals surface area contributed by atoms with Gasteiger partial charge in [-0.15, -0.1) is 0 Å². The number of piperidine rings is 1. The third kappa shape index (κ3) is 5.50. The van der Waals surface area contributed by atoms with Crippen molar-refractivity contribution in [3.63, 3.8) is 0 Å². The van der Waals surface area contributed by atoms with E-state index in [1.54, 1.807) is 18.5 Å². The first-order chi connectivity index (χ1) is 12.6. The van der Waals surface area contributed by atoms with Gasteiger partial charge in [0.25, 0.3) is 0 Å². The van der Waals surface area contributed by atoms with E-state index in [9.17, 15) is 0 Å². The molecule has 1 saturated heterocycles. The minimum Gasteiger partial charge on any atom is -0.360 e. The van der Waals surface area contributed by atoms with Gasteiger partial charge in [0.05, 0.1) is 0 Å². The molecular weight excluding hydrogens is 366 g/mol. The van der Waals surface area contributed by atoms with Crippen LogP contribution in [-0.4, -0.2) is 44.2 Å². The summed E-state index contributed by atoms with van der Waals surface area (Å²) in [6, 6.07) is 4.04. The summed E-state index contributed by atoms with van der Waals surface area (Å²) in [5.41, 5.74) is 0. The summed E-state index contributed by atoms with van der Waals surface area (Å²) >= 11 is 6.75. The van der Waals surface area contributed by atoms with E-state index < -0.39 is 0 Å². The third-order valence-corrected chi connectivity index (χ3v) is 4.78. The minimum atomic E-state index is 0.242. The smallest absolute Gasteiger partial charge is 0.232 e. The molecule has 138 valence electrons. The molecular formula is C17H23N7S2. The highest BCUT2D eigenvalue weighted by Crippen LogP contribution is 2.28. The van der Waals surface area contributed by atoms with Crippen molar-refractivity contribution in [3.05, 3.63) is 24.5 Å². The molecule has 0 saturated carbocycles. The molecule has 7 nitrogen and oxygen atoms in total. The zero-order valence-electron chi connectivity index (χ0n) is 15.0. The van der Waals surface area contributed by atoms with Crippen LogP contribution in [0.4, 0.5) is 11.8 Å².